The van der Waals surface area contributed by atoms with Gasteiger partial charge in [0.2, 0.25) is 0 Å². The third kappa shape index (κ3) is 7.01. The Hall–Kier alpha value is -2.32. The first-order valence-electron chi connectivity index (χ1n) is 9.23. The van der Waals surface area contributed by atoms with Gasteiger partial charge in [0.1, 0.15) is 24.7 Å². The maximum Gasteiger partial charge on any atom is 0.194 e. The zero-order valence-corrected chi connectivity index (χ0v) is 17.7. The minimum absolute atomic E-state index is 0.448. The molecule has 9 heteroatoms. The largest absolute Gasteiger partial charge is 0.492 e. The van der Waals surface area contributed by atoms with E-state index < -0.39 is 0 Å². The molecule has 1 heterocycles. The summed E-state index contributed by atoms with van der Waals surface area (Å²) in [6.07, 6.45) is 0.894. The molecule has 154 valence electrons. The number of likely N-dealkylation sites (N-methyl/N-ethyl adjacent to an activating group) is 1. The van der Waals surface area contributed by atoms with Crippen molar-refractivity contribution in [3.05, 3.63) is 40.9 Å². The third-order valence-corrected chi connectivity index (χ3v) is 4.45. The number of nitrogens with zero attached hydrogens (tertiary/aromatic N) is 5. The molecule has 8 nitrogen and oxygen atoms in total. The van der Waals surface area contributed by atoms with Crippen LogP contribution in [0.15, 0.2) is 29.3 Å². The number of aromatic nitrogens is 3. The molecular weight excluding hydrogens is 380 g/mol. The fourth-order valence-corrected chi connectivity index (χ4v) is 2.61. The van der Waals surface area contributed by atoms with E-state index in [1.165, 1.54) is 0 Å². The van der Waals surface area contributed by atoms with Crippen molar-refractivity contribution in [3.8, 4) is 5.75 Å². The SMILES string of the molecule is COCCCNC(=NCc1nnc(C)n1C)N(C)CCOc1cccc(Cl)c1. The lowest BCUT2D eigenvalue weighted by atomic mass is 10.3. The molecule has 0 aliphatic carbocycles. The third-order valence-electron chi connectivity index (χ3n) is 4.21. The number of benzene rings is 1. The molecule has 0 aliphatic rings. The van der Waals surface area contributed by atoms with Crippen LogP contribution in [0.5, 0.6) is 5.75 Å². The van der Waals surface area contributed by atoms with Gasteiger partial charge in [0.25, 0.3) is 0 Å². The number of aryl methyl sites for hydroxylation is 1. The minimum atomic E-state index is 0.448. The van der Waals surface area contributed by atoms with Crippen LogP contribution < -0.4 is 10.1 Å². The Labute approximate surface area is 171 Å². The minimum Gasteiger partial charge on any atom is -0.492 e. The summed E-state index contributed by atoms with van der Waals surface area (Å²) in [6, 6.07) is 7.38. The predicted octanol–water partition coefficient (Wildman–Crippen LogP) is 2.27. The highest BCUT2D eigenvalue weighted by Gasteiger charge is 2.09. The van der Waals surface area contributed by atoms with E-state index in [0.29, 0.717) is 31.3 Å². The molecule has 0 radical (unpaired) electrons. The van der Waals surface area contributed by atoms with Crippen LogP contribution in [0.25, 0.3) is 0 Å². The first-order chi connectivity index (χ1) is 13.5. The molecule has 28 heavy (non-hydrogen) atoms. The van der Waals surface area contributed by atoms with Gasteiger partial charge in [-0.25, -0.2) is 4.99 Å². The number of aliphatic imine (C=N–C) groups is 1. The first kappa shape index (κ1) is 22.0. The van der Waals surface area contributed by atoms with Crippen molar-refractivity contribution in [2.45, 2.75) is 19.9 Å². The first-order valence-corrected chi connectivity index (χ1v) is 9.60. The Bertz CT molecular complexity index is 765. The molecule has 0 spiro atoms. The number of hydrogen-bond acceptors (Lipinski definition) is 5. The molecule has 0 saturated carbocycles. The van der Waals surface area contributed by atoms with Crippen molar-refractivity contribution >= 4 is 17.6 Å². The van der Waals surface area contributed by atoms with Crippen LogP contribution in [-0.2, 0) is 18.3 Å². The number of halogens is 1. The highest BCUT2D eigenvalue weighted by atomic mass is 35.5. The van der Waals surface area contributed by atoms with E-state index in [1.807, 2.05) is 48.7 Å². The summed E-state index contributed by atoms with van der Waals surface area (Å²) >= 11 is 5.99. The van der Waals surface area contributed by atoms with Gasteiger partial charge >= 0.3 is 0 Å². The second kappa shape index (κ2) is 11.5. The zero-order valence-electron chi connectivity index (χ0n) is 17.0. The van der Waals surface area contributed by atoms with Crippen molar-refractivity contribution in [2.24, 2.45) is 12.0 Å². The second-order valence-electron chi connectivity index (χ2n) is 6.36. The average molecular weight is 409 g/mol. The van der Waals surface area contributed by atoms with Gasteiger partial charge in [-0.05, 0) is 31.5 Å². The lowest BCUT2D eigenvalue weighted by molar-refractivity contribution is 0.195. The van der Waals surface area contributed by atoms with Gasteiger partial charge in [-0.3, -0.25) is 0 Å². The molecule has 0 bridgehead atoms. The molecule has 1 aromatic carbocycles. The second-order valence-corrected chi connectivity index (χ2v) is 6.80. The van der Waals surface area contributed by atoms with E-state index in [4.69, 9.17) is 26.1 Å². The van der Waals surface area contributed by atoms with Crippen molar-refractivity contribution in [2.75, 3.05) is 40.5 Å². The summed E-state index contributed by atoms with van der Waals surface area (Å²) in [5, 5.41) is 12.3. The van der Waals surface area contributed by atoms with Gasteiger partial charge in [0.05, 0.1) is 6.54 Å². The zero-order chi connectivity index (χ0) is 20.4. The predicted molar refractivity (Wildman–Crippen MR) is 111 cm³/mol. The summed E-state index contributed by atoms with van der Waals surface area (Å²) in [4.78, 5) is 6.72. The molecule has 0 aliphatic heterocycles. The van der Waals surface area contributed by atoms with Gasteiger partial charge in [-0.15, -0.1) is 10.2 Å². The summed E-state index contributed by atoms with van der Waals surface area (Å²) < 4.78 is 12.8. The van der Waals surface area contributed by atoms with Crippen LogP contribution in [0.4, 0.5) is 0 Å². The van der Waals surface area contributed by atoms with Gasteiger partial charge in [0, 0.05) is 39.4 Å². The van der Waals surface area contributed by atoms with Crippen LogP contribution in [0.3, 0.4) is 0 Å². The van der Waals surface area contributed by atoms with E-state index in [0.717, 1.165) is 36.3 Å². The van der Waals surface area contributed by atoms with Crippen molar-refractivity contribution in [3.63, 3.8) is 0 Å². The molecule has 0 atom stereocenters. The molecule has 0 amide bonds. The molecule has 2 aromatic rings. The summed E-state index contributed by atoms with van der Waals surface area (Å²) in [7, 11) is 5.62. The fraction of sp³-hybridized carbons (Fsp3) is 0.526. The Morgan fingerprint density at radius 3 is 2.82 bits per heavy atom. The average Bonchev–Trinajstić information content (AvgIpc) is 2.99. The van der Waals surface area contributed by atoms with Crippen LogP contribution in [0.2, 0.25) is 5.02 Å². The molecule has 0 saturated heterocycles. The molecule has 1 aromatic heterocycles. The molecule has 0 fully saturated rings. The van der Waals surface area contributed by atoms with Gasteiger partial charge in [-0.1, -0.05) is 17.7 Å². The van der Waals surface area contributed by atoms with Crippen LogP contribution in [-0.4, -0.2) is 66.1 Å². The van der Waals surface area contributed by atoms with Crippen molar-refractivity contribution in [1.29, 1.82) is 0 Å². The molecule has 2 rings (SSSR count). The number of nitrogens with one attached hydrogen (secondary N) is 1. The summed E-state index contributed by atoms with van der Waals surface area (Å²) in [5.41, 5.74) is 0. The standard InChI is InChI=1S/C19H29ClN6O2/c1-15-23-24-18(26(15)3)14-22-19(21-9-6-11-27-4)25(2)10-12-28-17-8-5-7-16(20)13-17/h5,7-8,13H,6,9-12,14H2,1-4H3,(H,21,22). The quantitative estimate of drug-likeness (QED) is 0.369. The van der Waals surface area contributed by atoms with Gasteiger partial charge < -0.3 is 24.3 Å². The van der Waals surface area contributed by atoms with Crippen LogP contribution in [0.1, 0.15) is 18.1 Å². The lowest BCUT2D eigenvalue weighted by Crippen LogP contribution is -2.41. The van der Waals surface area contributed by atoms with E-state index in [9.17, 15) is 0 Å². The summed E-state index contributed by atoms with van der Waals surface area (Å²) in [6.45, 7) is 5.01. The molecular formula is C19H29ClN6O2. The fourth-order valence-electron chi connectivity index (χ4n) is 2.43. The van der Waals surface area contributed by atoms with Crippen LogP contribution >= 0.6 is 11.6 Å². The highest BCUT2D eigenvalue weighted by Crippen LogP contribution is 2.16. The topological polar surface area (TPSA) is 76.8 Å². The maximum atomic E-state index is 5.99. The van der Waals surface area contributed by atoms with Crippen molar-refractivity contribution < 1.29 is 9.47 Å². The van der Waals surface area contributed by atoms with E-state index >= 15 is 0 Å². The Kier molecular flexibility index (Phi) is 9.03. The lowest BCUT2D eigenvalue weighted by Gasteiger charge is -2.22. The van der Waals surface area contributed by atoms with Gasteiger partial charge in [-0.2, -0.15) is 0 Å². The normalized spacial score (nSPS) is 11.5. The van der Waals surface area contributed by atoms with E-state index in [2.05, 4.69) is 15.5 Å². The number of hydrogen-bond donors (Lipinski definition) is 1. The summed E-state index contributed by atoms with van der Waals surface area (Å²) in [5.74, 6) is 3.22. The van der Waals surface area contributed by atoms with E-state index in [1.54, 1.807) is 13.2 Å². The van der Waals surface area contributed by atoms with E-state index in [-0.39, 0.29) is 0 Å². The Balaban J connectivity index is 1.93. The number of ether oxygens (including phenoxy) is 2. The molecule has 0 unspecified atom stereocenters. The monoisotopic (exact) mass is 408 g/mol. The number of guanidine groups is 1. The van der Waals surface area contributed by atoms with Crippen molar-refractivity contribution in [1.82, 2.24) is 25.0 Å². The number of rotatable bonds is 10. The number of methoxy groups -OCH3 is 1. The molecule has 1 N–H and O–H groups in total. The highest BCUT2D eigenvalue weighted by molar-refractivity contribution is 6.30. The smallest absolute Gasteiger partial charge is 0.194 e. The van der Waals surface area contributed by atoms with Crippen LogP contribution in [0, 0.1) is 6.92 Å². The Morgan fingerprint density at radius 1 is 1.32 bits per heavy atom. The maximum absolute atomic E-state index is 5.99. The Morgan fingerprint density at radius 2 is 2.14 bits per heavy atom. The van der Waals surface area contributed by atoms with Gasteiger partial charge in [0.15, 0.2) is 11.8 Å².